The van der Waals surface area contributed by atoms with Crippen molar-refractivity contribution in [2.24, 2.45) is 5.41 Å². The number of aryl methyl sites for hydroxylation is 2. The highest BCUT2D eigenvalue weighted by Gasteiger charge is 2.32. The molecular weight excluding hydrogens is 242 g/mol. The third-order valence-electron chi connectivity index (χ3n) is 4.23. The summed E-state index contributed by atoms with van der Waals surface area (Å²) in [5.74, 6) is -0.0952. The summed E-state index contributed by atoms with van der Waals surface area (Å²) in [5, 5.41) is 19.4. The zero-order chi connectivity index (χ0) is 13.9. The Labute approximate surface area is 113 Å². The lowest BCUT2D eigenvalue weighted by Crippen LogP contribution is -2.41. The van der Waals surface area contributed by atoms with E-state index in [0.717, 1.165) is 37.1 Å². The van der Waals surface area contributed by atoms with E-state index in [9.17, 15) is 9.90 Å². The number of aromatic amines is 1. The van der Waals surface area contributed by atoms with Crippen LogP contribution in [-0.4, -0.2) is 34.4 Å². The Morgan fingerprint density at radius 2 is 2.05 bits per heavy atom. The first-order chi connectivity index (χ1) is 9.08. The average molecular weight is 265 g/mol. The Kier molecular flexibility index (Phi) is 4.24. The maximum absolute atomic E-state index is 12.2. The molecule has 1 amide bonds. The van der Waals surface area contributed by atoms with Gasteiger partial charge in [-0.2, -0.15) is 5.10 Å². The van der Waals surface area contributed by atoms with Crippen LogP contribution in [0.3, 0.4) is 0 Å². The molecule has 0 aliphatic heterocycles. The average Bonchev–Trinajstić information content (AvgIpc) is 2.77. The molecular formula is C14H23N3O2. The Balaban J connectivity index is 2.00. The number of nitrogens with one attached hydrogen (secondary N) is 2. The molecule has 0 unspecified atom stereocenters. The number of rotatable bonds is 4. The smallest absolute Gasteiger partial charge is 0.255 e. The third kappa shape index (κ3) is 2.97. The van der Waals surface area contributed by atoms with E-state index in [0.29, 0.717) is 12.1 Å². The van der Waals surface area contributed by atoms with Crippen molar-refractivity contribution in [2.45, 2.75) is 46.0 Å². The number of aliphatic hydroxyl groups excluding tert-OH is 1. The number of nitrogens with zero attached hydrogens (tertiary/aromatic N) is 1. The normalized spacial score (nSPS) is 18.3. The van der Waals surface area contributed by atoms with Crippen LogP contribution in [0.1, 0.15) is 53.8 Å². The standard InChI is InChI=1S/C14H23N3O2/c1-10-12(11(2)17-16-10)13(19)15-8-14(9-18)6-4-3-5-7-14/h18H,3-9H2,1-2H3,(H,15,19)(H,16,17). The Hall–Kier alpha value is -1.36. The van der Waals surface area contributed by atoms with Crippen LogP contribution in [0.4, 0.5) is 0 Å². The number of hydrogen-bond donors (Lipinski definition) is 3. The number of hydrogen-bond acceptors (Lipinski definition) is 3. The predicted octanol–water partition coefficient (Wildman–Crippen LogP) is 1.70. The van der Waals surface area contributed by atoms with Crippen molar-refractivity contribution in [3.05, 3.63) is 17.0 Å². The van der Waals surface area contributed by atoms with Crippen molar-refractivity contribution in [3.63, 3.8) is 0 Å². The van der Waals surface area contributed by atoms with Crippen molar-refractivity contribution in [1.29, 1.82) is 0 Å². The minimum absolute atomic E-state index is 0.0952. The van der Waals surface area contributed by atoms with Gasteiger partial charge in [-0.3, -0.25) is 9.89 Å². The van der Waals surface area contributed by atoms with Gasteiger partial charge >= 0.3 is 0 Å². The molecule has 1 aliphatic carbocycles. The molecule has 1 heterocycles. The molecule has 0 aromatic carbocycles. The van der Waals surface area contributed by atoms with Gasteiger partial charge in [0.05, 0.1) is 17.9 Å². The Bertz CT molecular complexity index is 428. The summed E-state index contributed by atoms with van der Waals surface area (Å²) in [6.45, 7) is 4.36. The number of amides is 1. The summed E-state index contributed by atoms with van der Waals surface area (Å²) in [4.78, 5) is 12.2. The minimum Gasteiger partial charge on any atom is -0.396 e. The second-order valence-corrected chi connectivity index (χ2v) is 5.71. The second-order valence-electron chi connectivity index (χ2n) is 5.71. The Morgan fingerprint density at radius 1 is 1.37 bits per heavy atom. The molecule has 0 atom stereocenters. The molecule has 0 radical (unpaired) electrons. The molecule has 106 valence electrons. The molecule has 19 heavy (non-hydrogen) atoms. The van der Waals surface area contributed by atoms with Gasteiger partial charge in [0.1, 0.15) is 0 Å². The van der Waals surface area contributed by atoms with Gasteiger partial charge < -0.3 is 10.4 Å². The number of aromatic nitrogens is 2. The van der Waals surface area contributed by atoms with Gasteiger partial charge in [-0.1, -0.05) is 19.3 Å². The lowest BCUT2D eigenvalue weighted by Gasteiger charge is -2.35. The van der Waals surface area contributed by atoms with Crippen LogP contribution in [0.15, 0.2) is 0 Å². The molecule has 0 bridgehead atoms. The van der Waals surface area contributed by atoms with Crippen LogP contribution in [0.2, 0.25) is 0 Å². The molecule has 1 aromatic heterocycles. The number of carbonyl (C=O) groups is 1. The van der Waals surface area contributed by atoms with Crippen LogP contribution >= 0.6 is 0 Å². The first kappa shape index (κ1) is 14.1. The third-order valence-corrected chi connectivity index (χ3v) is 4.23. The van der Waals surface area contributed by atoms with Crippen LogP contribution in [-0.2, 0) is 0 Å². The SMILES string of the molecule is Cc1n[nH]c(C)c1C(=O)NCC1(CO)CCCCC1. The fraction of sp³-hybridized carbons (Fsp3) is 0.714. The number of carbonyl (C=O) groups excluding carboxylic acids is 1. The van der Waals surface area contributed by atoms with Gasteiger partial charge in [0, 0.05) is 17.7 Å². The molecule has 0 saturated heterocycles. The highest BCUT2D eigenvalue weighted by atomic mass is 16.3. The molecule has 2 rings (SSSR count). The maximum Gasteiger partial charge on any atom is 0.255 e. The van der Waals surface area contributed by atoms with E-state index in [-0.39, 0.29) is 17.9 Å². The molecule has 1 saturated carbocycles. The predicted molar refractivity (Wildman–Crippen MR) is 73.0 cm³/mol. The molecule has 0 spiro atoms. The molecule has 1 aliphatic rings. The maximum atomic E-state index is 12.2. The van der Waals surface area contributed by atoms with E-state index in [1.54, 1.807) is 0 Å². The summed E-state index contributed by atoms with van der Waals surface area (Å²) < 4.78 is 0. The molecule has 1 fully saturated rings. The van der Waals surface area contributed by atoms with Crippen molar-refractivity contribution < 1.29 is 9.90 Å². The van der Waals surface area contributed by atoms with Gasteiger partial charge in [-0.05, 0) is 26.7 Å². The van der Waals surface area contributed by atoms with E-state index in [1.807, 2.05) is 13.8 Å². The van der Waals surface area contributed by atoms with Crippen molar-refractivity contribution in [2.75, 3.05) is 13.2 Å². The topological polar surface area (TPSA) is 78.0 Å². The summed E-state index contributed by atoms with van der Waals surface area (Å²) in [6.07, 6.45) is 5.50. The lowest BCUT2D eigenvalue weighted by atomic mass is 9.74. The summed E-state index contributed by atoms with van der Waals surface area (Å²) in [6, 6.07) is 0. The van der Waals surface area contributed by atoms with E-state index < -0.39 is 0 Å². The van der Waals surface area contributed by atoms with Gasteiger partial charge in [0.15, 0.2) is 0 Å². The van der Waals surface area contributed by atoms with Gasteiger partial charge in [0.2, 0.25) is 0 Å². The highest BCUT2D eigenvalue weighted by molar-refractivity contribution is 5.96. The number of aliphatic hydroxyl groups is 1. The quantitative estimate of drug-likeness (QED) is 0.775. The van der Waals surface area contributed by atoms with E-state index in [1.165, 1.54) is 6.42 Å². The van der Waals surface area contributed by atoms with E-state index in [2.05, 4.69) is 15.5 Å². The monoisotopic (exact) mass is 265 g/mol. The second kappa shape index (κ2) is 5.74. The van der Waals surface area contributed by atoms with Crippen LogP contribution < -0.4 is 5.32 Å². The molecule has 1 aromatic rings. The summed E-state index contributed by atoms with van der Waals surface area (Å²) >= 11 is 0. The zero-order valence-electron chi connectivity index (χ0n) is 11.8. The molecule has 5 nitrogen and oxygen atoms in total. The van der Waals surface area contributed by atoms with E-state index in [4.69, 9.17) is 0 Å². The van der Waals surface area contributed by atoms with Crippen molar-refractivity contribution in [3.8, 4) is 0 Å². The van der Waals surface area contributed by atoms with Gasteiger partial charge in [-0.25, -0.2) is 0 Å². The van der Waals surface area contributed by atoms with Crippen LogP contribution in [0.25, 0.3) is 0 Å². The molecule has 5 heteroatoms. The first-order valence-corrected chi connectivity index (χ1v) is 6.99. The fourth-order valence-electron chi connectivity index (χ4n) is 2.93. The summed E-state index contributed by atoms with van der Waals surface area (Å²) in [5.41, 5.74) is 2.01. The van der Waals surface area contributed by atoms with Gasteiger partial charge in [0.25, 0.3) is 5.91 Å². The first-order valence-electron chi connectivity index (χ1n) is 6.99. The van der Waals surface area contributed by atoms with Crippen LogP contribution in [0, 0.1) is 19.3 Å². The molecule has 3 N–H and O–H groups in total. The highest BCUT2D eigenvalue weighted by Crippen LogP contribution is 2.35. The largest absolute Gasteiger partial charge is 0.396 e. The lowest BCUT2D eigenvalue weighted by molar-refractivity contribution is 0.0717. The Morgan fingerprint density at radius 3 is 2.58 bits per heavy atom. The van der Waals surface area contributed by atoms with Crippen molar-refractivity contribution >= 4 is 5.91 Å². The van der Waals surface area contributed by atoms with Gasteiger partial charge in [-0.15, -0.1) is 0 Å². The fourth-order valence-corrected chi connectivity index (χ4v) is 2.93. The zero-order valence-corrected chi connectivity index (χ0v) is 11.8. The minimum atomic E-state index is -0.126. The van der Waals surface area contributed by atoms with E-state index >= 15 is 0 Å². The van der Waals surface area contributed by atoms with Crippen molar-refractivity contribution in [1.82, 2.24) is 15.5 Å². The van der Waals surface area contributed by atoms with Crippen LogP contribution in [0.5, 0.6) is 0 Å². The summed E-state index contributed by atoms with van der Waals surface area (Å²) in [7, 11) is 0. The number of H-pyrrole nitrogens is 1.